The third kappa shape index (κ3) is 5.25. The first-order valence-electron chi connectivity index (χ1n) is 11.8. The molecule has 5 rings (SSSR count). The van der Waals surface area contributed by atoms with E-state index in [9.17, 15) is 4.79 Å². The highest BCUT2D eigenvalue weighted by Gasteiger charge is 2.36. The summed E-state index contributed by atoms with van der Waals surface area (Å²) >= 11 is 0. The van der Waals surface area contributed by atoms with E-state index in [0.717, 1.165) is 29.5 Å². The van der Waals surface area contributed by atoms with Gasteiger partial charge in [-0.25, -0.2) is 9.97 Å². The number of nitrogens with zero attached hydrogens (tertiary/aromatic N) is 7. The lowest BCUT2D eigenvalue weighted by atomic mass is 9.92. The zero-order valence-corrected chi connectivity index (χ0v) is 20.2. The standard InChI is InChI=1S/C25H28N8O3/c1-32(9-10-35-2)21(34)15-33-14-20(13-29-33)24-30-23(31-36-24)22(18-7-8-18)17-5-3-16(4-6-17)19-11-27-25(26)28-12-19/h3-6,11-14,18,22H,7-10,15H2,1-2H3,(H2,26,27,28). The third-order valence-electron chi connectivity index (χ3n) is 6.32. The summed E-state index contributed by atoms with van der Waals surface area (Å²) in [5.74, 6) is 1.76. The molecule has 1 aromatic carbocycles. The van der Waals surface area contributed by atoms with Crippen LogP contribution >= 0.6 is 0 Å². The van der Waals surface area contributed by atoms with E-state index < -0.39 is 0 Å². The van der Waals surface area contributed by atoms with Crippen LogP contribution in [0.1, 0.15) is 30.1 Å². The second-order valence-electron chi connectivity index (χ2n) is 8.96. The summed E-state index contributed by atoms with van der Waals surface area (Å²) in [7, 11) is 3.35. The summed E-state index contributed by atoms with van der Waals surface area (Å²) in [5.41, 5.74) is 9.32. The zero-order valence-electron chi connectivity index (χ0n) is 20.2. The first-order chi connectivity index (χ1) is 17.5. The highest BCUT2D eigenvalue weighted by molar-refractivity contribution is 5.75. The molecule has 2 N–H and O–H groups in total. The number of carbonyl (C=O) groups is 1. The second kappa shape index (κ2) is 10.2. The van der Waals surface area contributed by atoms with Gasteiger partial charge in [0.25, 0.3) is 5.89 Å². The Bertz CT molecular complexity index is 1310. The number of anilines is 1. The fraction of sp³-hybridized carbons (Fsp3) is 0.360. The van der Waals surface area contributed by atoms with Crippen LogP contribution in [-0.4, -0.2) is 68.0 Å². The summed E-state index contributed by atoms with van der Waals surface area (Å²) < 4.78 is 12.2. The van der Waals surface area contributed by atoms with Crippen molar-refractivity contribution in [3.8, 4) is 22.6 Å². The van der Waals surface area contributed by atoms with Crippen molar-refractivity contribution < 1.29 is 14.1 Å². The monoisotopic (exact) mass is 488 g/mol. The van der Waals surface area contributed by atoms with Crippen LogP contribution in [0.2, 0.25) is 0 Å². The maximum atomic E-state index is 12.4. The fourth-order valence-electron chi connectivity index (χ4n) is 4.08. The highest BCUT2D eigenvalue weighted by Crippen LogP contribution is 2.46. The van der Waals surface area contributed by atoms with Gasteiger partial charge in [-0.05, 0) is 29.9 Å². The van der Waals surface area contributed by atoms with Gasteiger partial charge in [0.1, 0.15) is 6.54 Å². The number of carbonyl (C=O) groups excluding carboxylic acids is 1. The number of likely N-dealkylation sites (N-methyl/N-ethyl adjacent to an activating group) is 1. The molecule has 1 aliphatic carbocycles. The minimum Gasteiger partial charge on any atom is -0.383 e. The number of methoxy groups -OCH3 is 1. The van der Waals surface area contributed by atoms with E-state index in [1.165, 1.54) is 0 Å². The van der Waals surface area contributed by atoms with Gasteiger partial charge in [0, 0.05) is 44.9 Å². The van der Waals surface area contributed by atoms with Crippen LogP contribution in [-0.2, 0) is 16.1 Å². The molecule has 1 atom stereocenters. The van der Waals surface area contributed by atoms with E-state index in [1.54, 1.807) is 48.5 Å². The average Bonchev–Trinajstić information content (AvgIpc) is 3.41. The Hall–Kier alpha value is -4.12. The number of ether oxygens (including phenoxy) is 1. The minimum absolute atomic E-state index is 0.0466. The molecule has 36 heavy (non-hydrogen) atoms. The topological polar surface area (TPSA) is 138 Å². The van der Waals surface area contributed by atoms with E-state index in [2.05, 4.69) is 32.4 Å². The van der Waals surface area contributed by atoms with E-state index >= 15 is 0 Å². The van der Waals surface area contributed by atoms with Gasteiger partial charge in [-0.3, -0.25) is 9.48 Å². The summed E-state index contributed by atoms with van der Waals surface area (Å²) in [4.78, 5) is 26.8. The Balaban J connectivity index is 1.30. The molecule has 1 aliphatic rings. The molecule has 1 amide bonds. The average molecular weight is 489 g/mol. The van der Waals surface area contributed by atoms with Crippen LogP contribution in [0.15, 0.2) is 53.6 Å². The smallest absolute Gasteiger partial charge is 0.261 e. The van der Waals surface area contributed by atoms with Gasteiger partial charge >= 0.3 is 0 Å². The van der Waals surface area contributed by atoms with Crippen molar-refractivity contribution in [1.82, 2.24) is 34.8 Å². The van der Waals surface area contributed by atoms with Crippen LogP contribution in [0, 0.1) is 5.92 Å². The van der Waals surface area contributed by atoms with Crippen LogP contribution < -0.4 is 5.73 Å². The molecule has 0 bridgehead atoms. The van der Waals surface area contributed by atoms with Gasteiger partial charge in [-0.2, -0.15) is 10.1 Å². The Kier molecular flexibility index (Phi) is 6.72. The van der Waals surface area contributed by atoms with Gasteiger partial charge < -0.3 is 19.9 Å². The lowest BCUT2D eigenvalue weighted by Crippen LogP contribution is -2.32. The van der Waals surface area contributed by atoms with Crippen molar-refractivity contribution in [3.63, 3.8) is 0 Å². The molecular formula is C25H28N8O3. The van der Waals surface area contributed by atoms with Crippen LogP contribution in [0.25, 0.3) is 22.6 Å². The van der Waals surface area contributed by atoms with Gasteiger partial charge in [-0.15, -0.1) is 0 Å². The van der Waals surface area contributed by atoms with Crippen molar-refractivity contribution >= 4 is 11.9 Å². The summed E-state index contributed by atoms with van der Waals surface area (Å²) in [6.45, 7) is 1.13. The normalized spacial score (nSPS) is 14.1. The molecule has 3 heterocycles. The SMILES string of the molecule is COCCN(C)C(=O)Cn1cc(-c2nc(C(c3ccc(-c4cnc(N)nc4)cc3)C3CC3)no2)cn1. The molecule has 186 valence electrons. The van der Waals surface area contributed by atoms with Crippen LogP contribution in [0.3, 0.4) is 0 Å². The van der Waals surface area contributed by atoms with E-state index in [4.69, 9.17) is 20.0 Å². The lowest BCUT2D eigenvalue weighted by molar-refractivity contribution is -0.131. The molecule has 0 aliphatic heterocycles. The number of rotatable bonds is 10. The van der Waals surface area contributed by atoms with Crippen LogP contribution in [0.4, 0.5) is 5.95 Å². The molecule has 11 heteroatoms. The summed E-state index contributed by atoms with van der Waals surface area (Å²) in [6.07, 6.45) is 9.06. The quantitative estimate of drug-likeness (QED) is 0.357. The van der Waals surface area contributed by atoms with Crippen molar-refractivity contribution in [2.45, 2.75) is 25.3 Å². The van der Waals surface area contributed by atoms with Crippen molar-refractivity contribution in [3.05, 3.63) is 60.4 Å². The van der Waals surface area contributed by atoms with Gasteiger partial charge in [0.05, 0.1) is 24.3 Å². The molecule has 0 radical (unpaired) electrons. The number of benzene rings is 1. The Labute approximate surface area is 208 Å². The van der Waals surface area contributed by atoms with Crippen molar-refractivity contribution in [2.75, 3.05) is 33.0 Å². The van der Waals surface area contributed by atoms with E-state index in [-0.39, 0.29) is 24.3 Å². The van der Waals surface area contributed by atoms with E-state index in [0.29, 0.717) is 36.3 Å². The third-order valence-corrected chi connectivity index (χ3v) is 6.32. The summed E-state index contributed by atoms with van der Waals surface area (Å²) in [5, 5.41) is 8.60. The molecule has 11 nitrogen and oxygen atoms in total. The van der Waals surface area contributed by atoms with Gasteiger partial charge in [-0.1, -0.05) is 29.4 Å². The largest absolute Gasteiger partial charge is 0.383 e. The number of nitrogens with two attached hydrogens (primary N) is 1. The first-order valence-corrected chi connectivity index (χ1v) is 11.8. The highest BCUT2D eigenvalue weighted by atomic mass is 16.5. The molecule has 3 aromatic heterocycles. The molecule has 0 saturated heterocycles. The van der Waals surface area contributed by atoms with Crippen LogP contribution in [0.5, 0.6) is 0 Å². The number of aromatic nitrogens is 6. The number of hydrogen-bond donors (Lipinski definition) is 1. The molecule has 1 fully saturated rings. The summed E-state index contributed by atoms with van der Waals surface area (Å²) in [6, 6.07) is 8.28. The predicted octanol–water partition coefficient (Wildman–Crippen LogP) is 2.62. The van der Waals surface area contributed by atoms with Crippen molar-refractivity contribution in [2.24, 2.45) is 5.92 Å². The van der Waals surface area contributed by atoms with Gasteiger partial charge in [0.15, 0.2) is 5.82 Å². The zero-order chi connectivity index (χ0) is 25.1. The number of amides is 1. The Morgan fingerprint density at radius 2 is 1.92 bits per heavy atom. The van der Waals surface area contributed by atoms with E-state index in [1.807, 2.05) is 12.1 Å². The number of hydrogen-bond acceptors (Lipinski definition) is 9. The molecule has 1 saturated carbocycles. The lowest BCUT2D eigenvalue weighted by Gasteiger charge is -2.16. The first kappa shape index (κ1) is 23.6. The predicted molar refractivity (Wildman–Crippen MR) is 131 cm³/mol. The Morgan fingerprint density at radius 1 is 1.17 bits per heavy atom. The van der Waals surface area contributed by atoms with Crippen molar-refractivity contribution in [1.29, 1.82) is 0 Å². The molecular weight excluding hydrogens is 460 g/mol. The molecule has 1 unspecified atom stereocenters. The minimum atomic E-state index is -0.0595. The second-order valence-corrected chi connectivity index (χ2v) is 8.96. The van der Waals surface area contributed by atoms with Gasteiger partial charge in [0.2, 0.25) is 11.9 Å². The maximum absolute atomic E-state index is 12.4. The maximum Gasteiger partial charge on any atom is 0.261 e. The Morgan fingerprint density at radius 3 is 2.61 bits per heavy atom. The number of nitrogen functional groups attached to an aromatic ring is 1. The molecule has 4 aromatic rings. The molecule has 0 spiro atoms. The fourth-order valence-corrected chi connectivity index (χ4v) is 4.08.